The van der Waals surface area contributed by atoms with Crippen molar-refractivity contribution in [3.8, 4) is 10.8 Å². The van der Waals surface area contributed by atoms with Gasteiger partial charge in [-0.05, 0) is 41.8 Å². The van der Waals surface area contributed by atoms with E-state index in [1.165, 1.54) is 29.7 Å². The fourth-order valence-corrected chi connectivity index (χ4v) is 5.04. The second kappa shape index (κ2) is 11.9. The third-order valence-electron chi connectivity index (χ3n) is 5.46. The molecule has 2 aromatic carbocycles. The van der Waals surface area contributed by atoms with Crippen molar-refractivity contribution in [2.45, 2.75) is 24.9 Å². The van der Waals surface area contributed by atoms with Crippen molar-refractivity contribution < 1.29 is 32.1 Å². The molecule has 2 atom stereocenters. The first-order valence-corrected chi connectivity index (χ1v) is 13.7. The number of rotatable bonds is 11. The maximum atomic E-state index is 13.3. The van der Waals surface area contributed by atoms with Gasteiger partial charge in [-0.25, -0.2) is 9.78 Å². The maximum absolute atomic E-state index is 13.3. The lowest BCUT2D eigenvalue weighted by atomic mass is 10.0. The van der Waals surface area contributed by atoms with Crippen LogP contribution in [0.15, 0.2) is 82.8 Å². The number of carboxylic acid groups (broad SMARTS) is 1. The van der Waals surface area contributed by atoms with Crippen LogP contribution < -0.4 is 15.4 Å². The molecule has 2 aromatic heterocycles. The molecule has 0 spiro atoms. The van der Waals surface area contributed by atoms with Gasteiger partial charge >= 0.3 is 16.4 Å². The SMILES string of the molecule is O=C(O)N[C@@H](Cc1ccccc1)C(=O)N[C@@H](Cc1ccc(NS(=O)(=O)O)cc1)c1csc(-c2ccco2)n1. The molecule has 0 bridgehead atoms. The van der Waals surface area contributed by atoms with Crippen LogP contribution in [0.1, 0.15) is 22.9 Å². The molecular weight excluding hydrogens is 532 g/mol. The molecule has 0 fully saturated rings. The van der Waals surface area contributed by atoms with Gasteiger partial charge in [-0.3, -0.25) is 14.1 Å². The zero-order valence-corrected chi connectivity index (χ0v) is 21.4. The van der Waals surface area contributed by atoms with Gasteiger partial charge in [0.2, 0.25) is 5.91 Å². The highest BCUT2D eigenvalue weighted by molar-refractivity contribution is 7.87. The summed E-state index contributed by atoms with van der Waals surface area (Å²) in [6.07, 6.45) is 0.623. The molecule has 13 heteroatoms. The molecule has 198 valence electrons. The normalized spacial score (nSPS) is 12.9. The van der Waals surface area contributed by atoms with Crippen molar-refractivity contribution in [2.75, 3.05) is 4.72 Å². The quantitative estimate of drug-likeness (QED) is 0.173. The van der Waals surface area contributed by atoms with Gasteiger partial charge in [-0.1, -0.05) is 42.5 Å². The number of hydrogen-bond donors (Lipinski definition) is 5. The van der Waals surface area contributed by atoms with Crippen LogP contribution in [0.2, 0.25) is 0 Å². The number of anilines is 1. The lowest BCUT2D eigenvalue weighted by Crippen LogP contribution is -2.48. The van der Waals surface area contributed by atoms with Crippen molar-refractivity contribution in [3.63, 3.8) is 0 Å². The van der Waals surface area contributed by atoms with Gasteiger partial charge in [0.15, 0.2) is 10.8 Å². The first-order valence-electron chi connectivity index (χ1n) is 11.3. The molecule has 5 N–H and O–H groups in total. The average molecular weight is 557 g/mol. The van der Waals surface area contributed by atoms with E-state index in [-0.39, 0.29) is 18.5 Å². The summed E-state index contributed by atoms with van der Waals surface area (Å²) in [5.41, 5.74) is 2.23. The standard InChI is InChI=1S/C25H24N4O7S2/c30-23(20(28-25(31)32)14-16-5-2-1-3-6-16)26-19(21-15-37-24(27-21)22-7-4-12-36-22)13-17-8-10-18(11-9-17)29-38(33,34)35/h1-12,15,19-20,28-29H,13-14H2,(H,26,30)(H,31,32)(H,33,34,35)/t19-,20-/m0/s1. The van der Waals surface area contributed by atoms with Crippen LogP contribution in [0.4, 0.5) is 10.5 Å². The van der Waals surface area contributed by atoms with E-state index in [2.05, 4.69) is 15.6 Å². The Kier molecular flexibility index (Phi) is 8.41. The Morgan fingerprint density at radius 1 is 0.947 bits per heavy atom. The van der Waals surface area contributed by atoms with Crippen molar-refractivity contribution in [2.24, 2.45) is 0 Å². The first kappa shape index (κ1) is 26.9. The van der Waals surface area contributed by atoms with E-state index in [1.807, 2.05) is 10.8 Å². The highest BCUT2D eigenvalue weighted by atomic mass is 32.2. The fourth-order valence-electron chi connectivity index (χ4n) is 3.76. The number of carbonyl (C=O) groups excluding carboxylic acids is 1. The van der Waals surface area contributed by atoms with E-state index in [1.54, 1.807) is 53.9 Å². The lowest BCUT2D eigenvalue weighted by Gasteiger charge is -2.22. The molecule has 2 heterocycles. The van der Waals surface area contributed by atoms with Gasteiger partial charge in [-0.2, -0.15) is 8.42 Å². The second-order valence-corrected chi connectivity index (χ2v) is 10.3. The van der Waals surface area contributed by atoms with Crippen LogP contribution in [0.3, 0.4) is 0 Å². The monoisotopic (exact) mass is 556 g/mol. The summed E-state index contributed by atoms with van der Waals surface area (Å²) in [5, 5.41) is 16.9. The fraction of sp³-hybridized carbons (Fsp3) is 0.160. The Bertz CT molecular complexity index is 1470. The molecule has 4 rings (SSSR count). The summed E-state index contributed by atoms with van der Waals surface area (Å²) in [5.74, 6) is 0.0416. The molecule has 0 aliphatic rings. The number of aromatic nitrogens is 1. The maximum Gasteiger partial charge on any atom is 0.405 e. The van der Waals surface area contributed by atoms with Gasteiger partial charge < -0.3 is 20.2 Å². The molecule has 4 aromatic rings. The van der Waals surface area contributed by atoms with Gasteiger partial charge in [0, 0.05) is 11.8 Å². The molecule has 2 amide bonds. The summed E-state index contributed by atoms with van der Waals surface area (Å²) in [6.45, 7) is 0. The topological polar surface area (TPSA) is 171 Å². The van der Waals surface area contributed by atoms with Crippen LogP contribution in [0.25, 0.3) is 10.8 Å². The van der Waals surface area contributed by atoms with Gasteiger partial charge in [0.1, 0.15) is 6.04 Å². The minimum atomic E-state index is -4.42. The predicted octanol–water partition coefficient (Wildman–Crippen LogP) is 3.90. The molecule has 0 radical (unpaired) electrons. The second-order valence-electron chi connectivity index (χ2n) is 8.29. The Balaban J connectivity index is 1.58. The number of nitrogens with zero attached hydrogens (tertiary/aromatic N) is 1. The van der Waals surface area contributed by atoms with Crippen molar-refractivity contribution in [1.82, 2.24) is 15.6 Å². The Labute approximate surface area is 222 Å². The highest BCUT2D eigenvalue weighted by Gasteiger charge is 2.26. The minimum Gasteiger partial charge on any atom is -0.465 e. The number of furan rings is 1. The van der Waals surface area contributed by atoms with E-state index >= 15 is 0 Å². The van der Waals surface area contributed by atoms with Crippen LogP contribution in [-0.2, 0) is 27.9 Å². The third-order valence-corrected chi connectivity index (χ3v) is 6.83. The van der Waals surface area contributed by atoms with Crippen LogP contribution >= 0.6 is 11.3 Å². The van der Waals surface area contributed by atoms with Crippen LogP contribution in [0.5, 0.6) is 0 Å². The van der Waals surface area contributed by atoms with Crippen molar-refractivity contribution >= 4 is 39.3 Å². The Morgan fingerprint density at radius 3 is 2.29 bits per heavy atom. The molecule has 0 saturated heterocycles. The smallest absolute Gasteiger partial charge is 0.405 e. The molecule has 38 heavy (non-hydrogen) atoms. The Hall–Kier alpha value is -4.20. The number of benzene rings is 2. The van der Waals surface area contributed by atoms with Gasteiger partial charge in [0.05, 0.1) is 23.7 Å². The van der Waals surface area contributed by atoms with Gasteiger partial charge in [0.25, 0.3) is 0 Å². The number of amides is 2. The summed E-state index contributed by atoms with van der Waals surface area (Å²) in [7, 11) is -4.42. The zero-order chi connectivity index (χ0) is 27.1. The molecule has 0 unspecified atom stereocenters. The Morgan fingerprint density at radius 2 is 1.66 bits per heavy atom. The first-order chi connectivity index (χ1) is 18.2. The van der Waals surface area contributed by atoms with E-state index in [9.17, 15) is 23.1 Å². The van der Waals surface area contributed by atoms with E-state index < -0.39 is 34.4 Å². The molecule has 0 saturated carbocycles. The number of carbonyl (C=O) groups is 2. The lowest BCUT2D eigenvalue weighted by molar-refractivity contribution is -0.123. The molecule has 0 aliphatic heterocycles. The summed E-state index contributed by atoms with van der Waals surface area (Å²) in [6, 6.07) is 17.1. The third kappa shape index (κ3) is 7.65. The minimum absolute atomic E-state index is 0.149. The summed E-state index contributed by atoms with van der Waals surface area (Å²) < 4.78 is 38.5. The van der Waals surface area contributed by atoms with E-state index in [4.69, 9.17) is 8.97 Å². The van der Waals surface area contributed by atoms with Gasteiger partial charge in [-0.15, -0.1) is 11.3 Å². The largest absolute Gasteiger partial charge is 0.465 e. The summed E-state index contributed by atoms with van der Waals surface area (Å²) >= 11 is 1.33. The molecule has 0 aliphatic carbocycles. The number of thiazole rings is 1. The highest BCUT2D eigenvalue weighted by Crippen LogP contribution is 2.28. The van der Waals surface area contributed by atoms with Crippen LogP contribution in [-0.4, -0.2) is 41.1 Å². The number of nitrogens with one attached hydrogen (secondary N) is 3. The molecule has 11 nitrogen and oxygen atoms in total. The van der Waals surface area contributed by atoms with E-state index in [0.717, 1.165) is 11.1 Å². The number of hydrogen-bond acceptors (Lipinski definition) is 7. The predicted molar refractivity (Wildman–Crippen MR) is 141 cm³/mol. The van der Waals surface area contributed by atoms with Crippen molar-refractivity contribution in [1.29, 1.82) is 0 Å². The van der Waals surface area contributed by atoms with Crippen molar-refractivity contribution in [3.05, 3.63) is 95.2 Å². The van der Waals surface area contributed by atoms with Crippen LogP contribution in [0, 0.1) is 0 Å². The zero-order valence-electron chi connectivity index (χ0n) is 19.8. The van der Waals surface area contributed by atoms with E-state index in [0.29, 0.717) is 16.5 Å². The average Bonchev–Trinajstić information content (AvgIpc) is 3.56. The molecular formula is C25H24N4O7S2. The summed E-state index contributed by atoms with van der Waals surface area (Å²) in [4.78, 5) is 29.4.